The molecular formula is C22H22N2O3. The van der Waals surface area contributed by atoms with E-state index in [1.165, 1.54) is 11.8 Å². The van der Waals surface area contributed by atoms with E-state index in [2.05, 4.69) is 23.5 Å². The number of carbonyl (C=O) groups is 1. The van der Waals surface area contributed by atoms with Crippen LogP contribution in [0.1, 0.15) is 52.7 Å². The molecule has 3 aromatic rings. The van der Waals surface area contributed by atoms with Crippen molar-refractivity contribution in [3.05, 3.63) is 82.7 Å². The molecule has 2 heterocycles. The molecule has 138 valence electrons. The third-order valence-corrected chi connectivity index (χ3v) is 4.86. The predicted octanol–water partition coefficient (Wildman–Crippen LogP) is 4.08. The fourth-order valence-corrected chi connectivity index (χ4v) is 3.43. The van der Waals surface area contributed by atoms with E-state index in [-0.39, 0.29) is 18.1 Å². The first-order valence-corrected chi connectivity index (χ1v) is 9.18. The average Bonchev–Trinajstić information content (AvgIpc) is 3.27. The number of carbonyl (C=O) groups excluding carboxylic acids is 1. The minimum atomic E-state index is -0.181. The number of ether oxygens (including phenoxy) is 1. The smallest absolute Gasteiger partial charge is 0.257 e. The summed E-state index contributed by atoms with van der Waals surface area (Å²) in [4.78, 5) is 12.8. The quantitative estimate of drug-likeness (QED) is 0.743. The van der Waals surface area contributed by atoms with E-state index in [4.69, 9.17) is 9.26 Å². The minimum absolute atomic E-state index is 0.127. The van der Waals surface area contributed by atoms with Crippen LogP contribution in [-0.2, 0) is 12.8 Å². The van der Waals surface area contributed by atoms with Crippen LogP contribution in [0.2, 0.25) is 0 Å². The summed E-state index contributed by atoms with van der Waals surface area (Å²) in [6.45, 7) is 4.04. The molecule has 0 saturated carbocycles. The molecule has 2 atom stereocenters. The van der Waals surface area contributed by atoms with E-state index in [0.29, 0.717) is 17.7 Å². The van der Waals surface area contributed by atoms with Gasteiger partial charge in [-0.3, -0.25) is 4.79 Å². The molecule has 1 amide bonds. The Balaban J connectivity index is 1.47. The van der Waals surface area contributed by atoms with Gasteiger partial charge in [0.2, 0.25) is 0 Å². The molecule has 5 nitrogen and oxygen atoms in total. The van der Waals surface area contributed by atoms with Crippen LogP contribution in [-0.4, -0.2) is 17.2 Å². The fraction of sp³-hybridized carbons (Fsp3) is 0.273. The third-order valence-electron chi connectivity index (χ3n) is 4.86. The zero-order valence-electron chi connectivity index (χ0n) is 15.4. The van der Waals surface area contributed by atoms with Gasteiger partial charge < -0.3 is 14.6 Å². The van der Waals surface area contributed by atoms with Crippen molar-refractivity contribution in [3.8, 4) is 5.75 Å². The van der Waals surface area contributed by atoms with Crippen molar-refractivity contribution < 1.29 is 14.1 Å². The molecule has 0 saturated heterocycles. The standard InChI is InChI=1S/C22H22N2O3/c1-14-10-18-12-17(8-9-20(18)26-14)15(2)24-22(25)19-13-23-27-21(19)11-16-6-4-3-5-7-16/h3-9,12-15H,10-11H2,1-2H3,(H,24,25)/t14?,15-/m1/s1. The van der Waals surface area contributed by atoms with Crippen LogP contribution in [0.25, 0.3) is 0 Å². The number of aromatic nitrogens is 1. The Labute approximate surface area is 158 Å². The second-order valence-corrected chi connectivity index (χ2v) is 7.02. The van der Waals surface area contributed by atoms with Gasteiger partial charge in [0.25, 0.3) is 5.91 Å². The molecule has 4 rings (SSSR count). The molecule has 0 fully saturated rings. The summed E-state index contributed by atoms with van der Waals surface area (Å²) in [5, 5.41) is 6.87. The van der Waals surface area contributed by atoms with Gasteiger partial charge in [-0.05, 0) is 42.7 Å². The second kappa shape index (κ2) is 7.27. The molecule has 0 bridgehead atoms. The number of hydrogen-bond donors (Lipinski definition) is 1. The lowest BCUT2D eigenvalue weighted by atomic mass is 10.0. The molecular weight excluding hydrogens is 340 g/mol. The van der Waals surface area contributed by atoms with Gasteiger partial charge in [0.1, 0.15) is 17.4 Å². The molecule has 1 unspecified atom stereocenters. The van der Waals surface area contributed by atoms with Crippen LogP contribution in [0.4, 0.5) is 0 Å². The number of benzene rings is 2. The molecule has 0 aliphatic carbocycles. The van der Waals surface area contributed by atoms with Gasteiger partial charge in [-0.2, -0.15) is 0 Å². The zero-order valence-corrected chi connectivity index (χ0v) is 15.4. The van der Waals surface area contributed by atoms with Crippen molar-refractivity contribution in [1.82, 2.24) is 10.5 Å². The molecule has 1 N–H and O–H groups in total. The molecule has 1 aromatic heterocycles. The summed E-state index contributed by atoms with van der Waals surface area (Å²) in [5.74, 6) is 1.33. The number of nitrogens with zero attached hydrogens (tertiary/aromatic N) is 1. The van der Waals surface area contributed by atoms with Crippen LogP contribution >= 0.6 is 0 Å². The summed E-state index contributed by atoms with van der Waals surface area (Å²) < 4.78 is 11.1. The lowest BCUT2D eigenvalue weighted by Gasteiger charge is -2.15. The van der Waals surface area contributed by atoms with Crippen molar-refractivity contribution >= 4 is 5.91 Å². The maximum Gasteiger partial charge on any atom is 0.257 e. The maximum atomic E-state index is 12.8. The van der Waals surface area contributed by atoms with E-state index >= 15 is 0 Å². The predicted molar refractivity (Wildman–Crippen MR) is 102 cm³/mol. The number of nitrogens with one attached hydrogen (secondary N) is 1. The Hall–Kier alpha value is -3.08. The van der Waals surface area contributed by atoms with Gasteiger partial charge in [-0.25, -0.2) is 0 Å². The van der Waals surface area contributed by atoms with Crippen LogP contribution in [0, 0.1) is 0 Å². The van der Waals surface area contributed by atoms with E-state index in [1.54, 1.807) is 0 Å². The van der Waals surface area contributed by atoms with E-state index in [0.717, 1.165) is 23.3 Å². The molecule has 2 aromatic carbocycles. The normalized spacial score (nSPS) is 16.4. The van der Waals surface area contributed by atoms with Crippen molar-refractivity contribution in [2.24, 2.45) is 0 Å². The Kier molecular flexibility index (Phi) is 4.67. The van der Waals surface area contributed by atoms with Crippen molar-refractivity contribution in [2.75, 3.05) is 0 Å². The molecule has 1 aliphatic heterocycles. The average molecular weight is 362 g/mol. The van der Waals surface area contributed by atoms with E-state index in [9.17, 15) is 4.79 Å². The summed E-state index contributed by atoms with van der Waals surface area (Å²) in [6, 6.07) is 15.9. The first-order chi connectivity index (χ1) is 13.1. The number of fused-ring (bicyclic) bond motifs is 1. The lowest BCUT2D eigenvalue weighted by Crippen LogP contribution is -2.27. The van der Waals surface area contributed by atoms with Gasteiger partial charge >= 0.3 is 0 Å². The summed E-state index contributed by atoms with van der Waals surface area (Å²) in [7, 11) is 0. The highest BCUT2D eigenvalue weighted by Gasteiger charge is 2.22. The summed E-state index contributed by atoms with van der Waals surface area (Å²) >= 11 is 0. The second-order valence-electron chi connectivity index (χ2n) is 7.02. The van der Waals surface area contributed by atoms with Crippen LogP contribution < -0.4 is 10.1 Å². The Morgan fingerprint density at radius 3 is 2.89 bits per heavy atom. The number of amides is 1. The minimum Gasteiger partial charge on any atom is -0.490 e. The summed E-state index contributed by atoms with van der Waals surface area (Å²) in [5.41, 5.74) is 3.80. The Bertz CT molecular complexity index is 949. The van der Waals surface area contributed by atoms with Gasteiger partial charge in [0.05, 0.1) is 12.2 Å². The molecule has 0 radical (unpaired) electrons. The van der Waals surface area contributed by atoms with Gasteiger partial charge in [0, 0.05) is 12.8 Å². The Morgan fingerprint density at radius 2 is 2.07 bits per heavy atom. The van der Waals surface area contributed by atoms with Gasteiger partial charge in [-0.15, -0.1) is 0 Å². The van der Waals surface area contributed by atoms with Crippen molar-refractivity contribution in [1.29, 1.82) is 0 Å². The first kappa shape index (κ1) is 17.3. The van der Waals surface area contributed by atoms with Crippen LogP contribution in [0.3, 0.4) is 0 Å². The topological polar surface area (TPSA) is 64.4 Å². The zero-order chi connectivity index (χ0) is 18.8. The molecule has 5 heteroatoms. The van der Waals surface area contributed by atoms with Gasteiger partial charge in [-0.1, -0.05) is 41.6 Å². The van der Waals surface area contributed by atoms with E-state index in [1.807, 2.05) is 49.4 Å². The molecule has 1 aliphatic rings. The number of hydrogen-bond acceptors (Lipinski definition) is 4. The van der Waals surface area contributed by atoms with Gasteiger partial charge in [0.15, 0.2) is 5.76 Å². The van der Waals surface area contributed by atoms with Crippen LogP contribution in [0.5, 0.6) is 5.75 Å². The molecule has 0 spiro atoms. The summed E-state index contributed by atoms with van der Waals surface area (Å²) in [6.07, 6.45) is 3.12. The first-order valence-electron chi connectivity index (χ1n) is 9.18. The fourth-order valence-electron chi connectivity index (χ4n) is 3.43. The van der Waals surface area contributed by atoms with Crippen molar-refractivity contribution in [3.63, 3.8) is 0 Å². The third kappa shape index (κ3) is 3.72. The monoisotopic (exact) mass is 362 g/mol. The Morgan fingerprint density at radius 1 is 1.26 bits per heavy atom. The van der Waals surface area contributed by atoms with Crippen LogP contribution in [0.15, 0.2) is 59.3 Å². The SMILES string of the molecule is CC1Cc2cc([C@@H](C)NC(=O)c3cnoc3Cc3ccccc3)ccc2O1. The van der Waals surface area contributed by atoms with Crippen molar-refractivity contribution in [2.45, 2.75) is 38.8 Å². The highest BCUT2D eigenvalue weighted by atomic mass is 16.5. The largest absolute Gasteiger partial charge is 0.490 e. The number of rotatable bonds is 5. The lowest BCUT2D eigenvalue weighted by molar-refractivity contribution is 0.0938. The van der Waals surface area contributed by atoms with E-state index < -0.39 is 0 Å². The highest BCUT2D eigenvalue weighted by Crippen LogP contribution is 2.31. The maximum absolute atomic E-state index is 12.8. The molecule has 27 heavy (non-hydrogen) atoms. The highest BCUT2D eigenvalue weighted by molar-refractivity contribution is 5.95.